The SMILES string of the molecule is [N-]=[N+]=N[C@@H]1C(O)C[C@](OCC2O[C@@H](Oc3ccc([N+](=O)[O-])cc3)C(O)[C@@H](O)[C@H]2O)(C(=O)O)OC1[C@H](N=[N+]=[N-])[C@H](O)CO. The second-order valence-electron chi connectivity index (χ2n) is 9.25. The number of azide groups is 2. The number of aliphatic hydroxyl groups excluding tert-OH is 6. The topological polar surface area (TPSA) is 336 Å². The monoisotopic (exact) mass is 601 g/mol. The van der Waals surface area contributed by atoms with Crippen molar-refractivity contribution < 1.29 is 64.4 Å². The zero-order valence-corrected chi connectivity index (χ0v) is 21.3. The molecule has 2 saturated heterocycles. The Morgan fingerprint density at radius 3 is 2.38 bits per heavy atom. The Bertz CT molecular complexity index is 1210. The summed E-state index contributed by atoms with van der Waals surface area (Å²) in [6.07, 6.45) is -15.3. The molecule has 1 aromatic carbocycles. The number of ether oxygens (including phenoxy) is 4. The number of carboxylic acids is 1. The third-order valence-corrected chi connectivity index (χ3v) is 6.60. The maximum Gasteiger partial charge on any atom is 0.364 e. The van der Waals surface area contributed by atoms with Crippen molar-refractivity contribution in [1.82, 2.24) is 0 Å². The number of hydrogen-bond donors (Lipinski definition) is 7. The van der Waals surface area contributed by atoms with Crippen molar-refractivity contribution in [3.8, 4) is 5.75 Å². The Balaban J connectivity index is 1.85. The Morgan fingerprint density at radius 2 is 1.83 bits per heavy atom. The first kappa shape index (κ1) is 32.7. The van der Waals surface area contributed by atoms with Gasteiger partial charge in [0.2, 0.25) is 6.29 Å². The van der Waals surface area contributed by atoms with Gasteiger partial charge in [-0.25, -0.2) is 4.79 Å². The second kappa shape index (κ2) is 13.9. The van der Waals surface area contributed by atoms with Gasteiger partial charge in [-0.05, 0) is 23.2 Å². The smallest absolute Gasteiger partial charge is 0.364 e. The molecule has 4 unspecified atom stereocenters. The summed E-state index contributed by atoms with van der Waals surface area (Å²) < 4.78 is 21.9. The standard InChI is InChI=1S/C21H27N7O14/c22-26-24-13-10(30)5-21(20(35)36,42-18(13)14(25-27-23)11(31)6-29)39-7-12-15(32)16(33)17(34)19(41-12)40-9-3-1-8(2-4-9)28(37)38/h1-4,10-19,29-34H,5-7H2,(H,35,36)/t10?,11-,12?,13-,14-,15+,16+,17?,18?,19-,21-/m1/s1. The molecule has 0 spiro atoms. The quantitative estimate of drug-likeness (QED) is 0.0468. The summed E-state index contributed by atoms with van der Waals surface area (Å²) in [5.74, 6) is -4.69. The number of hydrogen-bond acceptors (Lipinski definition) is 15. The zero-order chi connectivity index (χ0) is 31.2. The predicted octanol–water partition coefficient (Wildman–Crippen LogP) is -1.56. The molecule has 2 fully saturated rings. The van der Waals surface area contributed by atoms with Gasteiger partial charge >= 0.3 is 5.97 Å². The van der Waals surface area contributed by atoms with Gasteiger partial charge in [-0.2, -0.15) is 0 Å². The molecule has 42 heavy (non-hydrogen) atoms. The number of aliphatic hydroxyl groups is 6. The number of nitrogens with zero attached hydrogens (tertiary/aromatic N) is 7. The number of aliphatic carboxylic acids is 1. The first-order valence-corrected chi connectivity index (χ1v) is 12.1. The summed E-state index contributed by atoms with van der Waals surface area (Å²) in [5, 5.41) is 88.8. The van der Waals surface area contributed by atoms with E-state index in [1.54, 1.807) is 0 Å². The van der Waals surface area contributed by atoms with Gasteiger partial charge < -0.3 is 54.7 Å². The van der Waals surface area contributed by atoms with Crippen LogP contribution in [0.1, 0.15) is 6.42 Å². The average Bonchev–Trinajstić information content (AvgIpc) is 2.96. The van der Waals surface area contributed by atoms with Crippen molar-refractivity contribution >= 4 is 11.7 Å². The summed E-state index contributed by atoms with van der Waals surface area (Å²) in [6.45, 7) is -1.89. The molecule has 11 atom stereocenters. The van der Waals surface area contributed by atoms with Crippen molar-refractivity contribution in [3.63, 3.8) is 0 Å². The molecule has 1 aromatic rings. The van der Waals surface area contributed by atoms with Crippen LogP contribution in [-0.2, 0) is 19.0 Å². The van der Waals surface area contributed by atoms with Crippen LogP contribution < -0.4 is 4.74 Å². The lowest BCUT2D eigenvalue weighted by Gasteiger charge is -2.46. The molecule has 0 saturated carbocycles. The zero-order valence-electron chi connectivity index (χ0n) is 21.3. The molecule has 0 radical (unpaired) electrons. The van der Waals surface area contributed by atoms with Crippen molar-refractivity contribution in [3.05, 3.63) is 55.3 Å². The van der Waals surface area contributed by atoms with Gasteiger partial charge in [0, 0.05) is 28.4 Å². The molecule has 2 aliphatic heterocycles. The first-order valence-electron chi connectivity index (χ1n) is 12.1. The molecule has 2 aliphatic rings. The van der Waals surface area contributed by atoms with Crippen LogP contribution in [0.4, 0.5) is 5.69 Å². The Labute approximate surface area is 234 Å². The highest BCUT2D eigenvalue weighted by molar-refractivity contribution is 5.76. The number of benzene rings is 1. The number of nitro groups is 1. The summed E-state index contributed by atoms with van der Waals surface area (Å²) in [4.78, 5) is 27.6. The fraction of sp³-hybridized carbons (Fsp3) is 0.667. The maximum absolute atomic E-state index is 12.4. The van der Waals surface area contributed by atoms with E-state index in [1.807, 2.05) is 0 Å². The number of rotatable bonds is 12. The summed E-state index contributed by atoms with van der Waals surface area (Å²) in [6, 6.07) is 1.15. The summed E-state index contributed by atoms with van der Waals surface area (Å²) in [5.41, 5.74) is 17.6. The number of carbonyl (C=O) groups is 1. The number of nitro benzene ring substituents is 1. The van der Waals surface area contributed by atoms with E-state index in [1.165, 1.54) is 12.1 Å². The van der Waals surface area contributed by atoms with Crippen LogP contribution in [-0.4, -0.2) is 127 Å². The molecular weight excluding hydrogens is 574 g/mol. The van der Waals surface area contributed by atoms with Crippen molar-refractivity contribution in [1.29, 1.82) is 0 Å². The fourth-order valence-electron chi connectivity index (χ4n) is 4.40. The van der Waals surface area contributed by atoms with Gasteiger partial charge in [0.1, 0.15) is 30.2 Å². The highest BCUT2D eigenvalue weighted by Gasteiger charge is 2.56. The van der Waals surface area contributed by atoms with Gasteiger partial charge in [-0.3, -0.25) is 10.1 Å². The number of non-ortho nitro benzene ring substituents is 1. The lowest BCUT2D eigenvalue weighted by Crippen LogP contribution is -2.64. The third kappa shape index (κ3) is 6.95. The van der Waals surface area contributed by atoms with Crippen molar-refractivity contribution in [2.24, 2.45) is 10.2 Å². The average molecular weight is 601 g/mol. The highest BCUT2D eigenvalue weighted by atomic mass is 16.7. The molecule has 230 valence electrons. The van der Waals surface area contributed by atoms with Crippen LogP contribution in [0.15, 0.2) is 34.5 Å². The van der Waals surface area contributed by atoms with Crippen LogP contribution in [0.5, 0.6) is 5.75 Å². The van der Waals surface area contributed by atoms with E-state index in [0.29, 0.717) is 0 Å². The van der Waals surface area contributed by atoms with E-state index in [4.69, 9.17) is 30.0 Å². The van der Waals surface area contributed by atoms with E-state index < -0.39 is 97.4 Å². The molecule has 3 rings (SSSR count). The van der Waals surface area contributed by atoms with Gasteiger partial charge in [0.15, 0.2) is 0 Å². The van der Waals surface area contributed by atoms with Crippen LogP contribution in [0.25, 0.3) is 20.9 Å². The first-order chi connectivity index (χ1) is 19.9. The van der Waals surface area contributed by atoms with Crippen LogP contribution in [0, 0.1) is 10.1 Å². The molecule has 7 N–H and O–H groups in total. The minimum absolute atomic E-state index is 0.0351. The maximum atomic E-state index is 12.4. The minimum atomic E-state index is -2.80. The normalized spacial score (nSPS) is 34.2. The van der Waals surface area contributed by atoms with Gasteiger partial charge in [-0.15, -0.1) is 0 Å². The molecular formula is C21H27N7O14. The number of carboxylic acid groups (broad SMARTS) is 1. The molecule has 0 amide bonds. The van der Waals surface area contributed by atoms with Gasteiger partial charge in [-0.1, -0.05) is 10.2 Å². The van der Waals surface area contributed by atoms with E-state index in [-0.39, 0.29) is 11.4 Å². The predicted molar refractivity (Wildman–Crippen MR) is 131 cm³/mol. The second-order valence-corrected chi connectivity index (χ2v) is 9.25. The van der Waals surface area contributed by atoms with Crippen LogP contribution in [0.3, 0.4) is 0 Å². The Hall–Kier alpha value is -3.85. The van der Waals surface area contributed by atoms with Gasteiger partial charge in [0.25, 0.3) is 11.5 Å². The molecule has 21 nitrogen and oxygen atoms in total. The van der Waals surface area contributed by atoms with Crippen molar-refractivity contribution in [2.45, 2.75) is 73.3 Å². The molecule has 21 heteroatoms. The molecule has 0 bridgehead atoms. The third-order valence-electron chi connectivity index (χ3n) is 6.60. The van der Waals surface area contributed by atoms with E-state index >= 15 is 0 Å². The Morgan fingerprint density at radius 1 is 1.17 bits per heavy atom. The summed E-state index contributed by atoms with van der Waals surface area (Å²) >= 11 is 0. The van der Waals surface area contributed by atoms with Crippen LogP contribution >= 0.6 is 0 Å². The van der Waals surface area contributed by atoms with Crippen molar-refractivity contribution in [2.75, 3.05) is 13.2 Å². The summed E-state index contributed by atoms with van der Waals surface area (Å²) in [7, 11) is 0. The Kier molecular flexibility index (Phi) is 10.8. The van der Waals surface area contributed by atoms with Crippen LogP contribution in [0.2, 0.25) is 0 Å². The lowest BCUT2D eigenvalue weighted by atomic mass is 9.88. The van der Waals surface area contributed by atoms with Gasteiger partial charge in [0.05, 0.1) is 48.5 Å². The highest BCUT2D eigenvalue weighted by Crippen LogP contribution is 2.37. The largest absolute Gasteiger partial charge is 0.477 e. The van der Waals surface area contributed by atoms with E-state index in [0.717, 1.165) is 12.1 Å². The van der Waals surface area contributed by atoms with E-state index in [2.05, 4.69) is 20.1 Å². The molecule has 2 heterocycles. The van der Waals surface area contributed by atoms with E-state index in [9.17, 15) is 50.7 Å². The minimum Gasteiger partial charge on any atom is -0.477 e. The molecule has 0 aromatic heterocycles. The molecule has 0 aliphatic carbocycles. The lowest BCUT2D eigenvalue weighted by molar-refractivity contribution is -0.384. The fourth-order valence-corrected chi connectivity index (χ4v) is 4.40.